The average molecular weight is 252 g/mol. The molecule has 0 spiro atoms. The van der Waals surface area contributed by atoms with Crippen molar-refractivity contribution in [3.05, 3.63) is 35.5 Å². The van der Waals surface area contributed by atoms with Crippen molar-refractivity contribution in [2.75, 3.05) is 5.73 Å². The number of hydrogen-bond acceptors (Lipinski definition) is 3. The van der Waals surface area contributed by atoms with Gasteiger partial charge in [0.2, 0.25) is 0 Å². The number of aromatic nitrogens is 3. The Kier molecular flexibility index (Phi) is 2.80. The van der Waals surface area contributed by atoms with Crippen LogP contribution < -0.4 is 5.73 Å². The van der Waals surface area contributed by atoms with Crippen LogP contribution in [0.2, 0.25) is 0 Å². The number of halogens is 2. The lowest BCUT2D eigenvalue weighted by atomic mass is 9.91. The molecule has 1 heterocycles. The summed E-state index contributed by atoms with van der Waals surface area (Å²) in [5, 5.41) is 7.61. The minimum absolute atomic E-state index is 0.257. The highest BCUT2D eigenvalue weighted by atomic mass is 19.1. The van der Waals surface area contributed by atoms with E-state index in [-0.39, 0.29) is 16.9 Å². The first-order valence-corrected chi connectivity index (χ1v) is 5.47. The van der Waals surface area contributed by atoms with Gasteiger partial charge in [0.15, 0.2) is 5.82 Å². The van der Waals surface area contributed by atoms with Gasteiger partial charge in [-0.1, -0.05) is 26.0 Å². The van der Waals surface area contributed by atoms with Crippen LogP contribution in [-0.4, -0.2) is 15.0 Å². The second-order valence-corrected chi connectivity index (χ2v) is 5.11. The summed E-state index contributed by atoms with van der Waals surface area (Å²) in [4.78, 5) is 0. The first kappa shape index (κ1) is 12.5. The first-order valence-electron chi connectivity index (χ1n) is 5.47. The van der Waals surface area contributed by atoms with Crippen molar-refractivity contribution in [3.63, 3.8) is 0 Å². The number of nitrogens with two attached hydrogens (primary N) is 1. The highest BCUT2D eigenvalue weighted by Gasteiger charge is 2.25. The molecule has 0 saturated carbocycles. The molecular weight excluding hydrogens is 238 g/mol. The van der Waals surface area contributed by atoms with Crippen molar-refractivity contribution < 1.29 is 8.78 Å². The number of hydrogen-bond donors (Lipinski definition) is 1. The van der Waals surface area contributed by atoms with Crippen LogP contribution in [0.3, 0.4) is 0 Å². The summed E-state index contributed by atoms with van der Waals surface area (Å²) in [5.74, 6) is -1.08. The molecule has 2 N–H and O–H groups in total. The molecule has 0 aliphatic heterocycles. The molecule has 0 radical (unpaired) electrons. The number of nitrogen functional groups attached to an aromatic ring is 1. The summed E-state index contributed by atoms with van der Waals surface area (Å²) < 4.78 is 27.8. The maximum atomic E-state index is 13.2. The molecule has 0 saturated heterocycles. The average Bonchev–Trinajstić information content (AvgIpc) is 2.57. The Hall–Kier alpha value is -1.98. The highest BCUT2D eigenvalue weighted by Crippen LogP contribution is 2.28. The lowest BCUT2D eigenvalue weighted by molar-refractivity contribution is 0.538. The topological polar surface area (TPSA) is 56.7 Å². The van der Waals surface area contributed by atoms with E-state index in [1.165, 1.54) is 16.8 Å². The van der Waals surface area contributed by atoms with E-state index in [2.05, 4.69) is 10.3 Å². The van der Waals surface area contributed by atoms with Crippen molar-refractivity contribution in [2.24, 2.45) is 0 Å². The van der Waals surface area contributed by atoms with E-state index in [0.717, 1.165) is 6.07 Å². The Morgan fingerprint density at radius 3 is 2.17 bits per heavy atom. The SMILES string of the molecule is CC(C)(C)c1c(N)nnn1-c1cc(F)cc(F)c1. The molecule has 1 aromatic heterocycles. The van der Waals surface area contributed by atoms with Crippen LogP contribution in [0.15, 0.2) is 18.2 Å². The molecule has 1 aromatic carbocycles. The third-order valence-corrected chi connectivity index (χ3v) is 2.50. The van der Waals surface area contributed by atoms with Gasteiger partial charge in [0.05, 0.1) is 11.4 Å². The molecule has 0 atom stereocenters. The standard InChI is InChI=1S/C12H14F2N4/c1-12(2,3)10-11(15)16-17-18(10)9-5-7(13)4-8(14)6-9/h4-6H,15H2,1-3H3. The summed E-state index contributed by atoms with van der Waals surface area (Å²) in [6.07, 6.45) is 0. The normalized spacial score (nSPS) is 11.8. The first-order chi connectivity index (χ1) is 8.29. The molecular formula is C12H14F2N4. The minimum Gasteiger partial charge on any atom is -0.381 e. The van der Waals surface area contributed by atoms with Crippen LogP contribution >= 0.6 is 0 Å². The lowest BCUT2D eigenvalue weighted by Gasteiger charge is -2.20. The van der Waals surface area contributed by atoms with Crippen LogP contribution in [0.25, 0.3) is 5.69 Å². The molecule has 0 unspecified atom stereocenters. The van der Waals surface area contributed by atoms with Gasteiger partial charge in [-0.25, -0.2) is 13.5 Å². The molecule has 2 rings (SSSR count). The third-order valence-electron chi connectivity index (χ3n) is 2.50. The van der Waals surface area contributed by atoms with E-state index in [4.69, 9.17) is 5.73 Å². The van der Waals surface area contributed by atoms with E-state index in [9.17, 15) is 8.78 Å². The van der Waals surface area contributed by atoms with E-state index in [1.807, 2.05) is 20.8 Å². The maximum Gasteiger partial charge on any atom is 0.170 e. The molecule has 0 aliphatic rings. The predicted molar refractivity (Wildman–Crippen MR) is 64.4 cm³/mol. The smallest absolute Gasteiger partial charge is 0.170 e. The maximum absolute atomic E-state index is 13.2. The van der Waals surface area contributed by atoms with Crippen molar-refractivity contribution in [1.29, 1.82) is 0 Å². The molecule has 6 heteroatoms. The second-order valence-electron chi connectivity index (χ2n) is 5.11. The largest absolute Gasteiger partial charge is 0.381 e. The molecule has 0 aliphatic carbocycles. The Balaban J connectivity index is 2.65. The van der Waals surface area contributed by atoms with Crippen LogP contribution in [0, 0.1) is 11.6 Å². The number of nitrogens with zero attached hydrogens (tertiary/aromatic N) is 3. The summed E-state index contributed by atoms with van der Waals surface area (Å²) >= 11 is 0. The van der Waals surface area contributed by atoms with Gasteiger partial charge < -0.3 is 5.73 Å². The van der Waals surface area contributed by atoms with Gasteiger partial charge in [-0.3, -0.25) is 0 Å². The zero-order valence-corrected chi connectivity index (χ0v) is 10.4. The van der Waals surface area contributed by atoms with Gasteiger partial charge in [-0.2, -0.15) is 0 Å². The van der Waals surface area contributed by atoms with Gasteiger partial charge in [-0.15, -0.1) is 5.10 Å². The van der Waals surface area contributed by atoms with Gasteiger partial charge in [-0.05, 0) is 12.1 Å². The van der Waals surface area contributed by atoms with Gasteiger partial charge in [0.25, 0.3) is 0 Å². The Bertz CT molecular complexity index is 564. The molecule has 96 valence electrons. The van der Waals surface area contributed by atoms with E-state index < -0.39 is 11.6 Å². The van der Waals surface area contributed by atoms with Crippen molar-refractivity contribution in [2.45, 2.75) is 26.2 Å². The summed E-state index contributed by atoms with van der Waals surface area (Å²) in [7, 11) is 0. The predicted octanol–water partition coefficient (Wildman–Crippen LogP) is 2.43. The van der Waals surface area contributed by atoms with Crippen LogP contribution in [-0.2, 0) is 5.41 Å². The molecule has 2 aromatic rings. The molecule has 4 nitrogen and oxygen atoms in total. The monoisotopic (exact) mass is 252 g/mol. The van der Waals surface area contributed by atoms with Crippen molar-refractivity contribution in [3.8, 4) is 5.69 Å². The Morgan fingerprint density at radius 1 is 1.11 bits per heavy atom. The minimum atomic E-state index is -0.668. The zero-order valence-electron chi connectivity index (χ0n) is 10.4. The third kappa shape index (κ3) is 2.18. The number of anilines is 1. The Morgan fingerprint density at radius 2 is 1.67 bits per heavy atom. The van der Waals surface area contributed by atoms with Gasteiger partial charge in [0.1, 0.15) is 11.6 Å². The number of rotatable bonds is 1. The van der Waals surface area contributed by atoms with Crippen LogP contribution in [0.1, 0.15) is 26.5 Å². The summed E-state index contributed by atoms with van der Waals surface area (Å²) in [6.45, 7) is 5.77. The zero-order chi connectivity index (χ0) is 13.5. The van der Waals surface area contributed by atoms with E-state index in [1.54, 1.807) is 0 Å². The van der Waals surface area contributed by atoms with Crippen LogP contribution in [0.4, 0.5) is 14.6 Å². The van der Waals surface area contributed by atoms with Gasteiger partial charge in [0, 0.05) is 11.5 Å². The molecule has 18 heavy (non-hydrogen) atoms. The van der Waals surface area contributed by atoms with Gasteiger partial charge >= 0.3 is 0 Å². The number of benzene rings is 1. The fourth-order valence-electron chi connectivity index (χ4n) is 1.84. The highest BCUT2D eigenvalue weighted by molar-refractivity contribution is 5.44. The molecule has 0 amide bonds. The van der Waals surface area contributed by atoms with Crippen molar-refractivity contribution >= 4 is 5.82 Å². The summed E-state index contributed by atoms with van der Waals surface area (Å²) in [5.41, 5.74) is 6.31. The van der Waals surface area contributed by atoms with Crippen LogP contribution in [0.5, 0.6) is 0 Å². The fraction of sp³-hybridized carbons (Fsp3) is 0.333. The second kappa shape index (κ2) is 4.04. The Labute approximate surface area is 103 Å². The molecule has 0 bridgehead atoms. The fourth-order valence-corrected chi connectivity index (χ4v) is 1.84. The quantitative estimate of drug-likeness (QED) is 0.848. The van der Waals surface area contributed by atoms with Crippen molar-refractivity contribution in [1.82, 2.24) is 15.0 Å². The summed E-state index contributed by atoms with van der Waals surface area (Å²) in [6, 6.07) is 3.18. The lowest BCUT2D eigenvalue weighted by Crippen LogP contribution is -2.19. The van der Waals surface area contributed by atoms with E-state index >= 15 is 0 Å². The van der Waals surface area contributed by atoms with E-state index in [0.29, 0.717) is 5.69 Å². The molecule has 0 fully saturated rings.